The van der Waals surface area contributed by atoms with E-state index in [-0.39, 0.29) is 5.62 Å². The minimum atomic E-state index is -0.366. The molecule has 1 aliphatic carbocycles. The van der Waals surface area contributed by atoms with Crippen LogP contribution in [0.4, 0.5) is 0 Å². The van der Waals surface area contributed by atoms with Crippen molar-refractivity contribution in [2.24, 2.45) is 4.99 Å². The van der Waals surface area contributed by atoms with Crippen LogP contribution in [0, 0.1) is 0 Å². The maximum Gasteiger partial charge on any atom is 0.196 e. The van der Waals surface area contributed by atoms with E-state index in [2.05, 4.69) is 10.3 Å². The van der Waals surface area contributed by atoms with Crippen LogP contribution in [0.25, 0.3) is 0 Å². The van der Waals surface area contributed by atoms with Crippen LogP contribution in [0.3, 0.4) is 0 Å². The summed E-state index contributed by atoms with van der Waals surface area (Å²) in [4.78, 5) is 4.05. The third-order valence-corrected chi connectivity index (χ3v) is 2.77. The van der Waals surface area contributed by atoms with E-state index in [1.165, 1.54) is 24.1 Å². The van der Waals surface area contributed by atoms with Gasteiger partial charge in [-0.15, -0.1) is 0 Å². The van der Waals surface area contributed by atoms with Crippen LogP contribution in [-0.2, 0) is 0 Å². The van der Waals surface area contributed by atoms with E-state index in [0.29, 0.717) is 5.17 Å². The zero-order chi connectivity index (χ0) is 8.55. The number of nitrogens with zero attached hydrogens (tertiary/aromatic N) is 1. The molecule has 0 aromatic carbocycles. The lowest BCUT2D eigenvalue weighted by Crippen LogP contribution is -2.30. The van der Waals surface area contributed by atoms with Crippen molar-refractivity contribution in [2.75, 3.05) is 0 Å². The van der Waals surface area contributed by atoms with Gasteiger partial charge in [-0.05, 0) is 25.7 Å². The first kappa shape index (κ1) is 8.39. The van der Waals surface area contributed by atoms with Crippen LogP contribution in [0.2, 0.25) is 0 Å². The van der Waals surface area contributed by atoms with Crippen molar-refractivity contribution in [1.29, 1.82) is 0 Å². The Morgan fingerprint density at radius 3 is 2.92 bits per heavy atom. The lowest BCUT2D eigenvalue weighted by Gasteiger charge is -2.26. The average Bonchev–Trinajstić information content (AvgIpc) is 2.04. The highest BCUT2D eigenvalue weighted by Gasteiger charge is 2.22. The molecule has 1 heterocycles. The SMILES string of the molecule is ClC1=NC(Cl)NC2=C1CCCC2. The summed E-state index contributed by atoms with van der Waals surface area (Å²) in [6.45, 7) is 0. The summed E-state index contributed by atoms with van der Waals surface area (Å²) in [5.41, 5.74) is 2.00. The van der Waals surface area contributed by atoms with Gasteiger partial charge in [0.25, 0.3) is 0 Å². The van der Waals surface area contributed by atoms with Crippen LogP contribution in [0.15, 0.2) is 16.3 Å². The number of halogens is 2. The molecule has 0 amide bonds. The smallest absolute Gasteiger partial charge is 0.196 e. The quantitative estimate of drug-likeness (QED) is 0.477. The Bertz CT molecular complexity index is 258. The van der Waals surface area contributed by atoms with E-state index < -0.39 is 0 Å². The predicted octanol–water partition coefficient (Wildman–Crippen LogP) is 2.58. The molecule has 0 radical (unpaired) electrons. The highest BCUT2D eigenvalue weighted by molar-refractivity contribution is 6.70. The Hall–Kier alpha value is -0.210. The largest absolute Gasteiger partial charge is 0.354 e. The van der Waals surface area contributed by atoms with Gasteiger partial charge in [0.1, 0.15) is 5.17 Å². The number of nitrogens with one attached hydrogen (secondary N) is 1. The Kier molecular flexibility index (Phi) is 2.28. The Balaban J connectivity index is 2.29. The molecule has 0 spiro atoms. The molecule has 0 aromatic rings. The monoisotopic (exact) mass is 204 g/mol. The molecule has 0 saturated carbocycles. The first-order chi connectivity index (χ1) is 5.77. The molecular weight excluding hydrogens is 195 g/mol. The molecule has 66 valence electrons. The molecule has 0 fully saturated rings. The number of allylic oxidation sites excluding steroid dienone is 2. The molecule has 1 aliphatic heterocycles. The lowest BCUT2D eigenvalue weighted by atomic mass is 9.96. The Labute approximate surface area is 81.6 Å². The fourth-order valence-electron chi connectivity index (χ4n) is 1.65. The van der Waals surface area contributed by atoms with Crippen LogP contribution >= 0.6 is 23.2 Å². The summed E-state index contributed by atoms with van der Waals surface area (Å²) in [5, 5.41) is 3.72. The van der Waals surface area contributed by atoms with Crippen LogP contribution in [0.1, 0.15) is 25.7 Å². The maximum absolute atomic E-state index is 5.95. The summed E-state index contributed by atoms with van der Waals surface area (Å²) in [6, 6.07) is 0. The first-order valence-electron chi connectivity index (χ1n) is 4.13. The number of hydrogen-bond acceptors (Lipinski definition) is 2. The van der Waals surface area contributed by atoms with Gasteiger partial charge < -0.3 is 5.32 Å². The summed E-state index contributed by atoms with van der Waals surface area (Å²) in [7, 11) is 0. The molecule has 0 bridgehead atoms. The van der Waals surface area contributed by atoms with Crippen LogP contribution in [-0.4, -0.2) is 10.8 Å². The van der Waals surface area contributed by atoms with Crippen molar-refractivity contribution in [3.8, 4) is 0 Å². The Morgan fingerprint density at radius 2 is 2.08 bits per heavy atom. The molecule has 2 aliphatic rings. The van der Waals surface area contributed by atoms with Crippen molar-refractivity contribution in [3.63, 3.8) is 0 Å². The summed E-state index contributed by atoms with van der Waals surface area (Å²) in [6.07, 6.45) is 4.53. The van der Waals surface area contributed by atoms with Gasteiger partial charge in [-0.1, -0.05) is 23.2 Å². The highest BCUT2D eigenvalue weighted by Crippen LogP contribution is 2.29. The van der Waals surface area contributed by atoms with Gasteiger partial charge in [0.05, 0.1) is 0 Å². The highest BCUT2D eigenvalue weighted by atomic mass is 35.5. The molecular formula is C8H10Cl2N2. The fourth-order valence-corrected chi connectivity index (χ4v) is 2.23. The van der Waals surface area contributed by atoms with Crippen molar-refractivity contribution in [3.05, 3.63) is 11.3 Å². The van der Waals surface area contributed by atoms with Gasteiger partial charge in [-0.25, -0.2) is 4.99 Å². The molecule has 0 saturated heterocycles. The average molecular weight is 205 g/mol. The summed E-state index contributed by atoms with van der Waals surface area (Å²) >= 11 is 11.8. The second-order valence-electron chi connectivity index (χ2n) is 3.06. The van der Waals surface area contributed by atoms with Gasteiger partial charge >= 0.3 is 0 Å². The Morgan fingerprint density at radius 1 is 1.33 bits per heavy atom. The third-order valence-electron chi connectivity index (χ3n) is 2.24. The second kappa shape index (κ2) is 3.27. The molecule has 2 nitrogen and oxygen atoms in total. The van der Waals surface area contributed by atoms with Crippen molar-refractivity contribution >= 4 is 28.4 Å². The molecule has 1 atom stereocenters. The van der Waals surface area contributed by atoms with Crippen LogP contribution < -0.4 is 5.32 Å². The first-order valence-corrected chi connectivity index (χ1v) is 4.95. The molecule has 1 N–H and O–H groups in total. The van der Waals surface area contributed by atoms with Crippen molar-refractivity contribution < 1.29 is 0 Å². The predicted molar refractivity (Wildman–Crippen MR) is 51.6 cm³/mol. The van der Waals surface area contributed by atoms with Crippen LogP contribution in [0.5, 0.6) is 0 Å². The standard InChI is InChI=1S/C8H10Cl2N2/c9-7-5-3-1-2-4-6(5)11-8(10)12-7/h8,11H,1-4H2. The van der Waals surface area contributed by atoms with E-state index in [1.54, 1.807) is 0 Å². The second-order valence-corrected chi connectivity index (χ2v) is 3.84. The van der Waals surface area contributed by atoms with Gasteiger partial charge in [0.15, 0.2) is 5.62 Å². The minimum Gasteiger partial charge on any atom is -0.354 e. The molecule has 1 unspecified atom stereocenters. The van der Waals surface area contributed by atoms with E-state index in [4.69, 9.17) is 23.2 Å². The van der Waals surface area contributed by atoms with E-state index >= 15 is 0 Å². The topological polar surface area (TPSA) is 24.4 Å². The molecule has 4 heteroatoms. The number of aliphatic imine (C=N–C) groups is 1. The molecule has 0 aromatic heterocycles. The van der Waals surface area contributed by atoms with Gasteiger partial charge in [-0.3, -0.25) is 0 Å². The number of rotatable bonds is 0. The van der Waals surface area contributed by atoms with Crippen molar-refractivity contribution in [1.82, 2.24) is 5.32 Å². The molecule has 2 rings (SSSR count). The van der Waals surface area contributed by atoms with Gasteiger partial charge in [-0.2, -0.15) is 0 Å². The third kappa shape index (κ3) is 1.46. The fraction of sp³-hybridized carbons (Fsp3) is 0.625. The maximum atomic E-state index is 5.95. The molecule has 12 heavy (non-hydrogen) atoms. The zero-order valence-corrected chi connectivity index (χ0v) is 8.12. The van der Waals surface area contributed by atoms with E-state index in [0.717, 1.165) is 12.8 Å². The van der Waals surface area contributed by atoms with Gasteiger partial charge in [0.2, 0.25) is 0 Å². The van der Waals surface area contributed by atoms with E-state index in [9.17, 15) is 0 Å². The summed E-state index contributed by atoms with van der Waals surface area (Å²) in [5.74, 6) is 0. The minimum absolute atomic E-state index is 0.366. The van der Waals surface area contributed by atoms with Crippen molar-refractivity contribution in [2.45, 2.75) is 31.3 Å². The van der Waals surface area contributed by atoms with Gasteiger partial charge in [0, 0.05) is 11.3 Å². The summed E-state index contributed by atoms with van der Waals surface area (Å²) < 4.78 is 0. The normalized spacial score (nSPS) is 29.2. The number of alkyl halides is 1. The number of hydrogen-bond donors (Lipinski definition) is 1. The zero-order valence-electron chi connectivity index (χ0n) is 6.61. The van der Waals surface area contributed by atoms with E-state index in [1.807, 2.05) is 0 Å². The lowest BCUT2D eigenvalue weighted by molar-refractivity contribution is 0.607.